The predicted octanol–water partition coefficient (Wildman–Crippen LogP) is 3.08. The molecule has 3 aliphatic carbocycles. The van der Waals surface area contributed by atoms with E-state index in [1.165, 1.54) is 32.1 Å². The van der Waals surface area contributed by atoms with Crippen molar-refractivity contribution in [1.82, 2.24) is 0 Å². The molecule has 0 aliphatic heterocycles. The van der Waals surface area contributed by atoms with Crippen molar-refractivity contribution >= 4 is 32.6 Å². The summed E-state index contributed by atoms with van der Waals surface area (Å²) in [6.07, 6.45) is 11.1. The lowest BCUT2D eigenvalue weighted by molar-refractivity contribution is -0.128. The first kappa shape index (κ1) is 22.9. The molecule has 7 heteroatoms. The van der Waals surface area contributed by atoms with Gasteiger partial charge in [-0.3, -0.25) is 9.59 Å². The molecule has 156 valence electrons. The Labute approximate surface area is 167 Å². The number of carbonyl (C=O) groups excluding carboxylic acids is 2. The quantitative estimate of drug-likeness (QED) is 0.505. The third-order valence-corrected chi connectivity index (χ3v) is 10.4. The van der Waals surface area contributed by atoms with E-state index in [9.17, 15) is 22.6 Å². The fourth-order valence-corrected chi connectivity index (χ4v) is 8.61. The second-order valence-corrected chi connectivity index (χ2v) is 12.9. The molecule has 2 bridgehead atoms. The third kappa shape index (κ3) is 5.15. The Morgan fingerprint density at radius 1 is 1.19 bits per heavy atom. The minimum absolute atomic E-state index is 0.0248. The van der Waals surface area contributed by atoms with Gasteiger partial charge in [-0.05, 0) is 67.7 Å². The summed E-state index contributed by atoms with van der Waals surface area (Å²) >= 11 is 0. The molecule has 0 radical (unpaired) electrons. The van der Waals surface area contributed by atoms with Crippen LogP contribution in [0.15, 0.2) is 0 Å². The van der Waals surface area contributed by atoms with Gasteiger partial charge in [-0.15, -0.1) is 0 Å². The van der Waals surface area contributed by atoms with Crippen LogP contribution in [0.4, 0.5) is 0 Å². The highest BCUT2D eigenvalue weighted by molar-refractivity contribution is 7.97. The highest BCUT2D eigenvalue weighted by Crippen LogP contribution is 2.64. The first-order chi connectivity index (χ1) is 12.4. The molecular formula is C20H34O5S2. The van der Waals surface area contributed by atoms with E-state index in [1.54, 1.807) is 6.92 Å². The van der Waals surface area contributed by atoms with Crippen molar-refractivity contribution in [3.63, 3.8) is 0 Å². The summed E-state index contributed by atoms with van der Waals surface area (Å²) < 4.78 is 32.7. The number of hydrogen-bond acceptors (Lipinski definition) is 5. The number of fused-ring (bicyclic) bond motifs is 2. The maximum absolute atomic E-state index is 11.8. The molecule has 0 aromatic carbocycles. The van der Waals surface area contributed by atoms with Crippen LogP contribution in [0.5, 0.6) is 0 Å². The lowest BCUT2D eigenvalue weighted by Crippen LogP contribution is -2.42. The van der Waals surface area contributed by atoms with E-state index in [0.717, 1.165) is 17.4 Å². The zero-order valence-electron chi connectivity index (χ0n) is 17.1. The lowest BCUT2D eigenvalue weighted by Gasteiger charge is -2.37. The monoisotopic (exact) mass is 418 g/mol. The van der Waals surface area contributed by atoms with Crippen LogP contribution >= 0.6 is 0 Å². The van der Waals surface area contributed by atoms with Crippen molar-refractivity contribution in [2.45, 2.75) is 77.4 Å². The summed E-state index contributed by atoms with van der Waals surface area (Å²) in [4.78, 5) is 22.8. The standard InChI is InChI=1S/C10H16O4S.C10H19OS/c1-9(2)7-3-4-10(9,8(11)5-7)6-15(12,13)14;1-9(11)8-12(2)10-6-4-3-5-7-10/h7H,3-6H2,1-2H3,(H,12,13,14);10H,3-8H2,1-2H3/q;+1/p-1. The molecule has 3 fully saturated rings. The van der Waals surface area contributed by atoms with Gasteiger partial charge in [-0.2, -0.15) is 0 Å². The highest BCUT2D eigenvalue weighted by Gasteiger charge is 2.64. The zero-order valence-corrected chi connectivity index (χ0v) is 18.7. The Bertz CT molecular complexity index is 664. The van der Waals surface area contributed by atoms with Crippen LogP contribution in [0.3, 0.4) is 0 Å². The fourth-order valence-electron chi connectivity index (χ4n) is 5.32. The maximum atomic E-state index is 11.8. The molecule has 0 spiro atoms. The van der Waals surface area contributed by atoms with Gasteiger partial charge >= 0.3 is 0 Å². The lowest BCUT2D eigenvalue weighted by atomic mass is 9.70. The Kier molecular flexibility index (Phi) is 7.24. The largest absolute Gasteiger partial charge is 0.748 e. The summed E-state index contributed by atoms with van der Waals surface area (Å²) in [5.74, 6) is 0.911. The minimum atomic E-state index is -4.33. The van der Waals surface area contributed by atoms with Crippen molar-refractivity contribution in [2.75, 3.05) is 17.8 Å². The zero-order chi connectivity index (χ0) is 20.5. The molecule has 3 atom stereocenters. The number of hydrogen-bond donors (Lipinski definition) is 0. The van der Waals surface area contributed by atoms with Gasteiger partial charge in [0, 0.05) is 11.8 Å². The molecule has 3 rings (SSSR count). The van der Waals surface area contributed by atoms with Gasteiger partial charge < -0.3 is 4.55 Å². The Balaban J connectivity index is 0.000000199. The molecule has 0 N–H and O–H groups in total. The number of carbonyl (C=O) groups is 2. The molecule has 0 amide bonds. The van der Waals surface area contributed by atoms with Gasteiger partial charge in [0.05, 0.1) is 22.1 Å². The average Bonchev–Trinajstić information content (AvgIpc) is 2.88. The van der Waals surface area contributed by atoms with Gasteiger partial charge in [0.15, 0.2) is 11.5 Å². The second-order valence-electron chi connectivity index (χ2n) is 9.17. The summed E-state index contributed by atoms with van der Waals surface area (Å²) in [7, 11) is -3.96. The fraction of sp³-hybridized carbons (Fsp3) is 0.900. The molecule has 3 aliphatic rings. The van der Waals surface area contributed by atoms with Crippen molar-refractivity contribution in [2.24, 2.45) is 16.7 Å². The number of rotatable bonds is 5. The molecule has 27 heavy (non-hydrogen) atoms. The van der Waals surface area contributed by atoms with Crippen molar-refractivity contribution < 1.29 is 22.6 Å². The maximum Gasteiger partial charge on any atom is 0.178 e. The Morgan fingerprint density at radius 2 is 1.78 bits per heavy atom. The predicted molar refractivity (Wildman–Crippen MR) is 109 cm³/mol. The van der Waals surface area contributed by atoms with E-state index in [1.807, 2.05) is 13.8 Å². The van der Waals surface area contributed by atoms with E-state index in [4.69, 9.17) is 0 Å². The molecule has 0 aromatic rings. The van der Waals surface area contributed by atoms with Crippen LogP contribution in [0.25, 0.3) is 0 Å². The van der Waals surface area contributed by atoms with Crippen LogP contribution in [-0.4, -0.2) is 47.5 Å². The number of Topliss-reactive ketones (excluding diaryl/α,β-unsaturated/α-hetero) is 2. The molecule has 3 saturated carbocycles. The van der Waals surface area contributed by atoms with E-state index in [2.05, 4.69) is 6.26 Å². The van der Waals surface area contributed by atoms with Crippen LogP contribution in [0, 0.1) is 16.7 Å². The van der Waals surface area contributed by atoms with E-state index < -0.39 is 21.3 Å². The van der Waals surface area contributed by atoms with Crippen LogP contribution < -0.4 is 0 Å². The van der Waals surface area contributed by atoms with Crippen LogP contribution in [0.2, 0.25) is 0 Å². The first-order valence-corrected chi connectivity index (χ1v) is 13.4. The van der Waals surface area contributed by atoms with E-state index in [0.29, 0.717) is 29.5 Å². The van der Waals surface area contributed by atoms with Gasteiger partial charge in [0.2, 0.25) is 0 Å². The first-order valence-electron chi connectivity index (χ1n) is 9.97. The van der Waals surface area contributed by atoms with Crippen molar-refractivity contribution in [3.05, 3.63) is 0 Å². The third-order valence-electron chi connectivity index (χ3n) is 7.11. The molecule has 0 aromatic heterocycles. The molecular weight excluding hydrogens is 384 g/mol. The van der Waals surface area contributed by atoms with Gasteiger partial charge in [-0.25, -0.2) is 8.42 Å². The average molecular weight is 419 g/mol. The Hall–Kier alpha value is -0.400. The molecule has 5 nitrogen and oxygen atoms in total. The van der Waals surface area contributed by atoms with Crippen molar-refractivity contribution in [1.29, 1.82) is 0 Å². The summed E-state index contributed by atoms with van der Waals surface area (Å²) in [5, 5.41) is 0.864. The van der Waals surface area contributed by atoms with Crippen LogP contribution in [0.1, 0.15) is 72.1 Å². The van der Waals surface area contributed by atoms with E-state index in [-0.39, 0.29) is 17.1 Å². The van der Waals surface area contributed by atoms with Crippen molar-refractivity contribution in [3.8, 4) is 0 Å². The molecule has 0 saturated heterocycles. The molecule has 0 heterocycles. The highest BCUT2D eigenvalue weighted by atomic mass is 32.2. The second kappa shape index (κ2) is 8.54. The normalized spacial score (nSPS) is 31.3. The van der Waals surface area contributed by atoms with Gasteiger partial charge in [-0.1, -0.05) is 20.3 Å². The SMILES string of the molecule is CC(=O)C[S+](C)C1CCCCC1.CC1(C)C2CCC1(CS(=O)(=O)[O-])C(=O)C2. The summed E-state index contributed by atoms with van der Waals surface area (Å²) in [5.41, 5.74) is -1.22. The van der Waals surface area contributed by atoms with Gasteiger partial charge in [0.25, 0.3) is 0 Å². The summed E-state index contributed by atoms with van der Waals surface area (Å²) in [6, 6.07) is 0. The van der Waals surface area contributed by atoms with E-state index >= 15 is 0 Å². The van der Waals surface area contributed by atoms with Gasteiger partial charge in [0.1, 0.15) is 11.0 Å². The smallest absolute Gasteiger partial charge is 0.178 e. The minimum Gasteiger partial charge on any atom is -0.748 e. The Morgan fingerprint density at radius 3 is 2.19 bits per heavy atom. The topological polar surface area (TPSA) is 91.3 Å². The summed E-state index contributed by atoms with van der Waals surface area (Å²) in [6.45, 7) is 5.55. The molecule has 3 unspecified atom stereocenters. The van der Waals surface area contributed by atoms with Crippen LogP contribution in [-0.2, 0) is 30.6 Å². The number of ketones is 2.